The number of para-hydroxylation sites is 1. The first-order valence-corrected chi connectivity index (χ1v) is 7.66. The van der Waals surface area contributed by atoms with E-state index in [1.165, 1.54) is 25.3 Å². The summed E-state index contributed by atoms with van der Waals surface area (Å²) >= 11 is 0. The molecule has 0 amide bonds. The van der Waals surface area contributed by atoms with Gasteiger partial charge in [-0.05, 0) is 24.1 Å². The summed E-state index contributed by atoms with van der Waals surface area (Å²) < 4.78 is 10.3. The number of fused-ring (bicyclic) bond motifs is 1. The van der Waals surface area contributed by atoms with Crippen LogP contribution in [0.25, 0.3) is 10.9 Å². The van der Waals surface area contributed by atoms with E-state index in [0.29, 0.717) is 6.42 Å². The number of nitro groups is 1. The maximum atomic E-state index is 12.1. The number of ether oxygens (including phenoxy) is 2. The van der Waals surface area contributed by atoms with Crippen molar-refractivity contribution in [2.24, 2.45) is 0 Å². The number of carbonyl (C=O) groups is 1. The molecule has 2 aromatic carbocycles. The normalized spacial score (nSPS) is 10.6. The number of aromatic amines is 1. The van der Waals surface area contributed by atoms with Crippen molar-refractivity contribution in [1.29, 1.82) is 0 Å². The lowest BCUT2D eigenvalue weighted by Gasteiger charge is -2.08. The van der Waals surface area contributed by atoms with E-state index in [4.69, 9.17) is 9.47 Å². The predicted molar refractivity (Wildman–Crippen MR) is 91.9 cm³/mol. The summed E-state index contributed by atoms with van der Waals surface area (Å²) in [5.74, 6) is -0.171. The van der Waals surface area contributed by atoms with Crippen LogP contribution in [-0.4, -0.2) is 23.0 Å². The maximum Gasteiger partial charge on any atom is 0.311 e. The van der Waals surface area contributed by atoms with Gasteiger partial charge in [0.25, 0.3) is 5.69 Å². The Hall–Kier alpha value is -3.35. The van der Waals surface area contributed by atoms with E-state index in [1.54, 1.807) is 0 Å². The molecule has 0 radical (unpaired) electrons. The number of H-pyrrole nitrogens is 1. The Morgan fingerprint density at radius 3 is 2.76 bits per heavy atom. The molecule has 3 rings (SSSR count). The van der Waals surface area contributed by atoms with Gasteiger partial charge in [0.05, 0.1) is 24.5 Å². The standard InChI is InChI=1S/C18H16N2O5/c1-24-16-8-7-13(20(22)23)10-17(16)25-18(21)9-6-12-11-19-15-5-3-2-4-14(12)15/h2-5,7-8,10-11,19H,6,9H2,1H3. The van der Waals surface area contributed by atoms with Gasteiger partial charge in [0.2, 0.25) is 0 Å². The van der Waals surface area contributed by atoms with Crippen LogP contribution < -0.4 is 9.47 Å². The molecule has 0 unspecified atom stereocenters. The summed E-state index contributed by atoms with van der Waals surface area (Å²) in [6.07, 6.45) is 2.51. The van der Waals surface area contributed by atoms with E-state index in [1.807, 2.05) is 30.5 Å². The molecule has 0 fully saturated rings. The average Bonchev–Trinajstić information content (AvgIpc) is 3.03. The summed E-state index contributed by atoms with van der Waals surface area (Å²) in [5.41, 5.74) is 1.85. The van der Waals surface area contributed by atoms with Crippen molar-refractivity contribution in [3.63, 3.8) is 0 Å². The first kappa shape index (κ1) is 16.5. The van der Waals surface area contributed by atoms with Crippen molar-refractivity contribution in [3.8, 4) is 11.5 Å². The van der Waals surface area contributed by atoms with Gasteiger partial charge < -0.3 is 14.5 Å². The minimum absolute atomic E-state index is 0.0422. The highest BCUT2D eigenvalue weighted by Crippen LogP contribution is 2.31. The molecule has 128 valence electrons. The lowest BCUT2D eigenvalue weighted by atomic mass is 10.1. The monoisotopic (exact) mass is 340 g/mol. The van der Waals surface area contributed by atoms with E-state index in [0.717, 1.165) is 16.5 Å². The molecule has 1 N–H and O–H groups in total. The number of hydrogen-bond acceptors (Lipinski definition) is 5. The Bertz CT molecular complexity index is 932. The summed E-state index contributed by atoms with van der Waals surface area (Å²) in [7, 11) is 1.41. The highest BCUT2D eigenvalue weighted by atomic mass is 16.6. The van der Waals surface area contributed by atoms with Crippen molar-refractivity contribution in [2.75, 3.05) is 7.11 Å². The molecule has 3 aromatic rings. The lowest BCUT2D eigenvalue weighted by molar-refractivity contribution is -0.384. The van der Waals surface area contributed by atoms with Crippen LogP contribution >= 0.6 is 0 Å². The maximum absolute atomic E-state index is 12.1. The molecule has 0 atom stereocenters. The summed E-state index contributed by atoms with van der Waals surface area (Å²) in [6.45, 7) is 0. The topological polar surface area (TPSA) is 94.5 Å². The molecular weight excluding hydrogens is 324 g/mol. The van der Waals surface area contributed by atoms with Crippen LogP contribution in [0.15, 0.2) is 48.7 Å². The summed E-state index contributed by atoms with van der Waals surface area (Å²) in [5, 5.41) is 11.9. The van der Waals surface area contributed by atoms with Crippen LogP contribution in [0.3, 0.4) is 0 Å². The Labute approximate surface area is 143 Å². The van der Waals surface area contributed by atoms with Gasteiger partial charge >= 0.3 is 5.97 Å². The molecule has 0 aliphatic carbocycles. The zero-order chi connectivity index (χ0) is 17.8. The molecular formula is C18H16N2O5. The van der Waals surface area contributed by atoms with E-state index in [2.05, 4.69) is 4.98 Å². The largest absolute Gasteiger partial charge is 0.493 e. The second-order valence-corrected chi connectivity index (χ2v) is 5.43. The van der Waals surface area contributed by atoms with Crippen LogP contribution in [0.4, 0.5) is 5.69 Å². The third kappa shape index (κ3) is 3.60. The lowest BCUT2D eigenvalue weighted by Crippen LogP contribution is -2.10. The minimum atomic E-state index is -0.553. The van der Waals surface area contributed by atoms with Gasteiger partial charge in [-0.1, -0.05) is 18.2 Å². The van der Waals surface area contributed by atoms with Crippen LogP contribution in [0, 0.1) is 10.1 Å². The van der Waals surface area contributed by atoms with Gasteiger partial charge in [0.15, 0.2) is 11.5 Å². The number of aromatic nitrogens is 1. The first-order chi connectivity index (χ1) is 12.1. The number of non-ortho nitro benzene ring substituents is 1. The Balaban J connectivity index is 1.70. The fourth-order valence-electron chi connectivity index (χ4n) is 2.61. The van der Waals surface area contributed by atoms with Gasteiger partial charge in [-0.15, -0.1) is 0 Å². The van der Waals surface area contributed by atoms with Crippen molar-refractivity contribution in [2.45, 2.75) is 12.8 Å². The molecule has 0 aliphatic heterocycles. The molecule has 7 nitrogen and oxygen atoms in total. The molecule has 1 heterocycles. The molecule has 0 saturated carbocycles. The number of benzene rings is 2. The molecule has 1 aromatic heterocycles. The zero-order valence-electron chi connectivity index (χ0n) is 13.5. The summed E-state index contributed by atoms with van der Waals surface area (Å²) in [6, 6.07) is 11.7. The SMILES string of the molecule is COc1ccc([N+](=O)[O-])cc1OC(=O)CCc1c[nH]c2ccccc12. The number of nitro benzene ring substituents is 1. The second-order valence-electron chi connectivity index (χ2n) is 5.43. The number of hydrogen-bond donors (Lipinski definition) is 1. The van der Waals surface area contributed by atoms with Crippen molar-refractivity contribution in [1.82, 2.24) is 4.98 Å². The fraction of sp³-hybridized carbons (Fsp3) is 0.167. The van der Waals surface area contributed by atoms with Gasteiger partial charge in [-0.2, -0.15) is 0 Å². The molecule has 0 aliphatic rings. The fourth-order valence-corrected chi connectivity index (χ4v) is 2.61. The van der Waals surface area contributed by atoms with Crippen molar-refractivity contribution >= 4 is 22.6 Å². The van der Waals surface area contributed by atoms with Crippen molar-refractivity contribution < 1.29 is 19.2 Å². The molecule has 7 heteroatoms. The smallest absolute Gasteiger partial charge is 0.311 e. The number of aryl methyl sites for hydroxylation is 1. The van der Waals surface area contributed by atoms with Crippen LogP contribution in [-0.2, 0) is 11.2 Å². The van der Waals surface area contributed by atoms with Crippen LogP contribution in [0.1, 0.15) is 12.0 Å². The van der Waals surface area contributed by atoms with E-state index >= 15 is 0 Å². The van der Waals surface area contributed by atoms with Crippen LogP contribution in [0.5, 0.6) is 11.5 Å². The first-order valence-electron chi connectivity index (χ1n) is 7.66. The predicted octanol–water partition coefficient (Wildman–Crippen LogP) is 3.62. The van der Waals surface area contributed by atoms with E-state index in [9.17, 15) is 14.9 Å². The number of esters is 1. The molecule has 25 heavy (non-hydrogen) atoms. The average molecular weight is 340 g/mol. The Kier molecular flexibility index (Phi) is 4.65. The highest BCUT2D eigenvalue weighted by molar-refractivity contribution is 5.83. The number of rotatable bonds is 6. The minimum Gasteiger partial charge on any atom is -0.493 e. The Morgan fingerprint density at radius 1 is 1.20 bits per heavy atom. The molecule has 0 saturated heterocycles. The highest BCUT2D eigenvalue weighted by Gasteiger charge is 2.16. The third-order valence-electron chi connectivity index (χ3n) is 3.86. The zero-order valence-corrected chi connectivity index (χ0v) is 13.5. The number of nitrogens with one attached hydrogen (secondary N) is 1. The van der Waals surface area contributed by atoms with Gasteiger partial charge in [-0.3, -0.25) is 14.9 Å². The van der Waals surface area contributed by atoms with E-state index < -0.39 is 10.9 Å². The summed E-state index contributed by atoms with van der Waals surface area (Å²) in [4.78, 5) is 25.6. The van der Waals surface area contributed by atoms with E-state index in [-0.39, 0.29) is 23.6 Å². The number of carbonyl (C=O) groups excluding carboxylic acids is 1. The quantitative estimate of drug-likeness (QED) is 0.320. The number of methoxy groups -OCH3 is 1. The Morgan fingerprint density at radius 2 is 2.00 bits per heavy atom. The van der Waals surface area contributed by atoms with Gasteiger partial charge in [0.1, 0.15) is 0 Å². The van der Waals surface area contributed by atoms with Crippen LogP contribution in [0.2, 0.25) is 0 Å². The number of nitrogens with zero attached hydrogens (tertiary/aromatic N) is 1. The molecule has 0 spiro atoms. The third-order valence-corrected chi connectivity index (χ3v) is 3.86. The second kappa shape index (κ2) is 7.04. The van der Waals surface area contributed by atoms with Gasteiger partial charge in [0, 0.05) is 23.2 Å². The van der Waals surface area contributed by atoms with Gasteiger partial charge in [-0.25, -0.2) is 0 Å². The van der Waals surface area contributed by atoms with Crippen molar-refractivity contribution in [3.05, 3.63) is 64.3 Å². The molecule has 0 bridgehead atoms.